The van der Waals surface area contributed by atoms with Crippen molar-refractivity contribution in [2.45, 2.75) is 12.3 Å². The van der Waals surface area contributed by atoms with E-state index in [1.54, 1.807) is 0 Å². The number of hydrogen-bond acceptors (Lipinski definition) is 3. The summed E-state index contributed by atoms with van der Waals surface area (Å²) in [5.41, 5.74) is 4.69. The van der Waals surface area contributed by atoms with Gasteiger partial charge < -0.3 is 10.2 Å². The molecule has 4 N–H and O–H groups in total. The quantitative estimate of drug-likeness (QED) is 0.315. The molecule has 0 aliphatic rings. The van der Waals surface area contributed by atoms with Crippen molar-refractivity contribution < 1.29 is 10.2 Å². The number of rotatable bonds is 2. The maximum absolute atomic E-state index is 8.28. The largest absolute Gasteiger partial charge is 0.353 e. The molecule has 0 bridgehead atoms. The van der Waals surface area contributed by atoms with Crippen molar-refractivity contribution in [3.8, 4) is 0 Å². The lowest BCUT2D eigenvalue weighted by Crippen LogP contribution is -2.38. The summed E-state index contributed by atoms with van der Waals surface area (Å²) in [7, 11) is 0. The lowest BCUT2D eigenvalue weighted by atomic mass is 10.3. The Morgan fingerprint density at radius 3 is 2.14 bits per heavy atom. The summed E-state index contributed by atoms with van der Waals surface area (Å²) in [5.74, 6) is -2.07. The van der Waals surface area contributed by atoms with E-state index in [2.05, 4.69) is 12.3 Å². The number of nitrogens with two attached hydrogens (primary N) is 1. The normalized spacial score (nSPS) is 11.3. The molecule has 0 heterocycles. The maximum Gasteiger partial charge on any atom is 0.223 e. The zero-order valence-corrected chi connectivity index (χ0v) is 3.96. The van der Waals surface area contributed by atoms with Crippen molar-refractivity contribution in [1.82, 2.24) is 0 Å². The molecule has 0 atom stereocenters. The van der Waals surface area contributed by atoms with E-state index in [1.807, 2.05) is 0 Å². The molecular formula is C4H9NO2. The fourth-order valence-corrected chi connectivity index (χ4v) is 0.212. The van der Waals surface area contributed by atoms with Crippen molar-refractivity contribution in [1.29, 1.82) is 0 Å². The van der Waals surface area contributed by atoms with Crippen molar-refractivity contribution in [3.63, 3.8) is 0 Å². The van der Waals surface area contributed by atoms with Gasteiger partial charge in [0.1, 0.15) is 0 Å². The molecule has 0 aromatic heterocycles. The molecule has 0 saturated carbocycles. The van der Waals surface area contributed by atoms with Gasteiger partial charge >= 0.3 is 0 Å². The summed E-state index contributed by atoms with van der Waals surface area (Å²) < 4.78 is 0. The molecular weight excluding hydrogens is 94.0 g/mol. The molecule has 0 fully saturated rings. The average Bonchev–Trinajstić information content (AvgIpc) is 1.30. The molecule has 0 amide bonds. The monoisotopic (exact) mass is 103 g/mol. The van der Waals surface area contributed by atoms with Gasteiger partial charge in [0, 0.05) is 6.42 Å². The van der Waals surface area contributed by atoms with Gasteiger partial charge in [-0.05, 0) is 0 Å². The third kappa shape index (κ3) is 5.62. The second kappa shape index (κ2) is 2.07. The first-order valence-corrected chi connectivity index (χ1v) is 1.91. The summed E-state index contributed by atoms with van der Waals surface area (Å²) in [6.07, 6.45) is 1.33. The van der Waals surface area contributed by atoms with E-state index < -0.39 is 5.91 Å². The Balaban J connectivity index is 3.34. The van der Waals surface area contributed by atoms with E-state index >= 15 is 0 Å². The summed E-state index contributed by atoms with van der Waals surface area (Å²) in [5, 5.41) is 16.6. The van der Waals surface area contributed by atoms with Crippen LogP contribution in [0.2, 0.25) is 0 Å². The van der Waals surface area contributed by atoms with E-state index in [1.165, 1.54) is 6.08 Å². The van der Waals surface area contributed by atoms with Crippen LogP contribution in [0.5, 0.6) is 0 Å². The van der Waals surface area contributed by atoms with Gasteiger partial charge in [-0.2, -0.15) is 0 Å². The minimum absolute atomic E-state index is 0.00694. The van der Waals surface area contributed by atoms with Gasteiger partial charge in [0.25, 0.3) is 0 Å². The van der Waals surface area contributed by atoms with Crippen LogP contribution in [0.25, 0.3) is 0 Å². The molecule has 0 radical (unpaired) electrons. The van der Waals surface area contributed by atoms with Crippen LogP contribution >= 0.6 is 0 Å². The molecule has 3 heteroatoms. The standard InChI is InChI=1S/C4H9NO2/c1-2-3-4(5,6)7/h2,6-7H,1,3,5H2. The smallest absolute Gasteiger partial charge is 0.223 e. The molecule has 3 nitrogen and oxygen atoms in total. The molecule has 7 heavy (non-hydrogen) atoms. The van der Waals surface area contributed by atoms with Gasteiger partial charge in [0.15, 0.2) is 0 Å². The fraction of sp³-hybridized carbons (Fsp3) is 0.500. The molecule has 0 aromatic carbocycles. The first-order chi connectivity index (χ1) is 3.06. The van der Waals surface area contributed by atoms with E-state index in [9.17, 15) is 0 Å². The van der Waals surface area contributed by atoms with Crippen LogP contribution < -0.4 is 5.73 Å². The Morgan fingerprint density at radius 1 is 1.71 bits per heavy atom. The molecule has 0 spiro atoms. The summed E-state index contributed by atoms with van der Waals surface area (Å²) in [4.78, 5) is 0. The number of hydrogen-bond donors (Lipinski definition) is 3. The van der Waals surface area contributed by atoms with Crippen LogP contribution in [-0.4, -0.2) is 16.1 Å². The van der Waals surface area contributed by atoms with Crippen LogP contribution in [0.3, 0.4) is 0 Å². The molecule has 42 valence electrons. The van der Waals surface area contributed by atoms with Crippen LogP contribution in [0.1, 0.15) is 6.42 Å². The highest BCUT2D eigenvalue weighted by Crippen LogP contribution is 1.93. The van der Waals surface area contributed by atoms with Crippen LogP contribution in [0.15, 0.2) is 12.7 Å². The number of aliphatic hydroxyl groups is 2. The lowest BCUT2D eigenvalue weighted by Gasteiger charge is -2.10. The van der Waals surface area contributed by atoms with Crippen molar-refractivity contribution in [2.75, 3.05) is 0 Å². The Hall–Kier alpha value is -0.380. The highest BCUT2D eigenvalue weighted by molar-refractivity contribution is 4.72. The third-order valence-corrected chi connectivity index (χ3v) is 0.445. The summed E-state index contributed by atoms with van der Waals surface area (Å²) >= 11 is 0. The molecule has 0 aromatic rings. The molecule has 0 rings (SSSR count). The predicted molar refractivity (Wildman–Crippen MR) is 26.2 cm³/mol. The zero-order chi connectivity index (χ0) is 5.91. The lowest BCUT2D eigenvalue weighted by molar-refractivity contribution is -0.151. The Morgan fingerprint density at radius 2 is 2.14 bits per heavy atom. The van der Waals surface area contributed by atoms with Crippen LogP contribution in [0.4, 0.5) is 0 Å². The Labute approximate surface area is 42.1 Å². The topological polar surface area (TPSA) is 66.5 Å². The van der Waals surface area contributed by atoms with Crippen molar-refractivity contribution in [3.05, 3.63) is 12.7 Å². The molecule has 0 saturated heterocycles. The highest BCUT2D eigenvalue weighted by Gasteiger charge is 2.10. The van der Waals surface area contributed by atoms with E-state index in [4.69, 9.17) is 10.2 Å². The second-order valence-electron chi connectivity index (χ2n) is 1.37. The predicted octanol–water partition coefficient (Wildman–Crippen LogP) is -0.840. The first-order valence-electron chi connectivity index (χ1n) is 1.91. The van der Waals surface area contributed by atoms with E-state index in [0.29, 0.717) is 0 Å². The Bertz CT molecular complexity index is 64.6. The van der Waals surface area contributed by atoms with Gasteiger partial charge in [0.2, 0.25) is 5.91 Å². The minimum Gasteiger partial charge on any atom is -0.353 e. The second-order valence-corrected chi connectivity index (χ2v) is 1.37. The molecule has 0 aliphatic heterocycles. The average molecular weight is 103 g/mol. The third-order valence-electron chi connectivity index (χ3n) is 0.445. The maximum atomic E-state index is 8.28. The minimum atomic E-state index is -2.07. The van der Waals surface area contributed by atoms with Crippen LogP contribution in [-0.2, 0) is 0 Å². The zero-order valence-electron chi connectivity index (χ0n) is 3.96. The van der Waals surface area contributed by atoms with Crippen molar-refractivity contribution >= 4 is 0 Å². The van der Waals surface area contributed by atoms with Gasteiger partial charge in [-0.3, -0.25) is 5.73 Å². The van der Waals surface area contributed by atoms with Gasteiger partial charge in [-0.25, -0.2) is 0 Å². The van der Waals surface area contributed by atoms with E-state index in [-0.39, 0.29) is 6.42 Å². The highest BCUT2D eigenvalue weighted by atomic mass is 16.5. The van der Waals surface area contributed by atoms with Gasteiger partial charge in [-0.1, -0.05) is 6.08 Å². The Kier molecular flexibility index (Phi) is 1.95. The van der Waals surface area contributed by atoms with Crippen LogP contribution in [0, 0.1) is 0 Å². The SMILES string of the molecule is C=CCC(N)(O)O. The first kappa shape index (κ1) is 6.62. The van der Waals surface area contributed by atoms with Gasteiger partial charge in [-0.15, -0.1) is 6.58 Å². The van der Waals surface area contributed by atoms with E-state index in [0.717, 1.165) is 0 Å². The summed E-state index contributed by atoms with van der Waals surface area (Å²) in [6, 6.07) is 0. The molecule has 0 unspecified atom stereocenters. The fourth-order valence-electron chi connectivity index (χ4n) is 0.212. The van der Waals surface area contributed by atoms with Crippen molar-refractivity contribution in [2.24, 2.45) is 5.73 Å². The van der Waals surface area contributed by atoms with Gasteiger partial charge in [0.05, 0.1) is 0 Å². The summed E-state index contributed by atoms with van der Waals surface area (Å²) in [6.45, 7) is 3.25. The molecule has 0 aliphatic carbocycles.